The summed E-state index contributed by atoms with van der Waals surface area (Å²) in [5, 5.41) is 12.4. The fourth-order valence-electron chi connectivity index (χ4n) is 4.06. The lowest BCUT2D eigenvalue weighted by Gasteiger charge is -2.34. The van der Waals surface area contributed by atoms with E-state index in [0.29, 0.717) is 31.5 Å². The number of hydrogen-bond acceptors (Lipinski definition) is 3. The Morgan fingerprint density at radius 1 is 1.04 bits per heavy atom. The summed E-state index contributed by atoms with van der Waals surface area (Å²) in [7, 11) is 0. The molecule has 1 aromatic rings. The van der Waals surface area contributed by atoms with Gasteiger partial charge in [-0.1, -0.05) is 18.2 Å². The molecule has 7 heteroatoms. The summed E-state index contributed by atoms with van der Waals surface area (Å²) in [5.41, 5.74) is 2.48. The molecule has 152 valence electrons. The summed E-state index contributed by atoms with van der Waals surface area (Å²) < 4.78 is 0. The van der Waals surface area contributed by atoms with E-state index in [-0.39, 0.29) is 17.9 Å². The highest BCUT2D eigenvalue weighted by molar-refractivity contribution is 5.86. The molecule has 0 aromatic heterocycles. The standard InChI is InChI=1S/C21H29N3O4/c1-14-6-5-7-17(15(14)2)18(20(26)27)22-19(25)16-8-12-24(13-9-16)21(28)23-10-3-4-11-23/h5-7,16,18H,3-4,8-13H2,1-2H3,(H,22,25)(H,26,27). The van der Waals surface area contributed by atoms with Gasteiger partial charge in [0, 0.05) is 32.1 Å². The van der Waals surface area contributed by atoms with Gasteiger partial charge in [0.1, 0.15) is 0 Å². The van der Waals surface area contributed by atoms with Crippen molar-refractivity contribution in [3.05, 3.63) is 34.9 Å². The second-order valence-electron chi connectivity index (χ2n) is 7.81. The number of likely N-dealkylation sites (tertiary alicyclic amines) is 2. The Bertz CT molecular complexity index is 750. The average molecular weight is 387 g/mol. The number of piperidine rings is 1. The van der Waals surface area contributed by atoms with Crippen LogP contribution in [0.4, 0.5) is 4.79 Å². The first kappa shape index (κ1) is 20.2. The van der Waals surface area contributed by atoms with Crippen LogP contribution in [0.3, 0.4) is 0 Å². The molecule has 1 atom stereocenters. The summed E-state index contributed by atoms with van der Waals surface area (Å²) in [6.07, 6.45) is 3.23. The van der Waals surface area contributed by atoms with Crippen LogP contribution in [0.25, 0.3) is 0 Å². The van der Waals surface area contributed by atoms with E-state index in [1.54, 1.807) is 6.07 Å². The maximum Gasteiger partial charge on any atom is 0.330 e. The van der Waals surface area contributed by atoms with E-state index in [4.69, 9.17) is 0 Å². The van der Waals surface area contributed by atoms with E-state index in [0.717, 1.165) is 37.1 Å². The van der Waals surface area contributed by atoms with Crippen molar-refractivity contribution in [2.24, 2.45) is 5.92 Å². The number of hydrogen-bond donors (Lipinski definition) is 2. The SMILES string of the molecule is Cc1cccc(C(NC(=O)C2CCN(C(=O)N3CCCC3)CC2)C(=O)O)c1C. The minimum atomic E-state index is -1.07. The molecule has 2 saturated heterocycles. The topological polar surface area (TPSA) is 90.0 Å². The highest BCUT2D eigenvalue weighted by atomic mass is 16.4. The van der Waals surface area contributed by atoms with Gasteiger partial charge in [0.25, 0.3) is 0 Å². The highest BCUT2D eigenvalue weighted by Gasteiger charge is 2.33. The van der Waals surface area contributed by atoms with Crippen LogP contribution < -0.4 is 5.32 Å². The summed E-state index contributed by atoms with van der Waals surface area (Å²) in [4.78, 5) is 40.7. The third-order valence-corrected chi connectivity index (χ3v) is 6.00. The van der Waals surface area contributed by atoms with E-state index in [9.17, 15) is 19.5 Å². The fourth-order valence-corrected chi connectivity index (χ4v) is 4.06. The van der Waals surface area contributed by atoms with Crippen LogP contribution in [-0.4, -0.2) is 59.0 Å². The van der Waals surface area contributed by atoms with E-state index < -0.39 is 12.0 Å². The first-order valence-corrected chi connectivity index (χ1v) is 10.0. The predicted molar refractivity (Wildman–Crippen MR) is 105 cm³/mol. The van der Waals surface area contributed by atoms with Crippen LogP contribution >= 0.6 is 0 Å². The number of amides is 3. The van der Waals surface area contributed by atoms with Gasteiger partial charge in [-0.25, -0.2) is 9.59 Å². The number of aryl methyl sites for hydroxylation is 1. The average Bonchev–Trinajstić information content (AvgIpc) is 3.22. The number of rotatable bonds is 4. The first-order chi connectivity index (χ1) is 13.4. The molecule has 0 bridgehead atoms. The van der Waals surface area contributed by atoms with Gasteiger partial charge in [0.15, 0.2) is 6.04 Å². The molecule has 28 heavy (non-hydrogen) atoms. The van der Waals surface area contributed by atoms with Gasteiger partial charge in [-0.3, -0.25) is 4.79 Å². The molecule has 3 rings (SSSR count). The van der Waals surface area contributed by atoms with Crippen LogP contribution in [0.1, 0.15) is 48.4 Å². The van der Waals surface area contributed by atoms with Crippen LogP contribution in [-0.2, 0) is 9.59 Å². The van der Waals surface area contributed by atoms with E-state index in [1.807, 2.05) is 35.8 Å². The molecule has 3 amide bonds. The molecule has 2 heterocycles. The Morgan fingerprint density at radius 2 is 1.64 bits per heavy atom. The van der Waals surface area contributed by atoms with Crippen molar-refractivity contribution >= 4 is 17.9 Å². The molecule has 7 nitrogen and oxygen atoms in total. The lowest BCUT2D eigenvalue weighted by Crippen LogP contribution is -2.48. The number of carbonyl (C=O) groups excluding carboxylic acids is 2. The maximum absolute atomic E-state index is 12.7. The van der Waals surface area contributed by atoms with E-state index >= 15 is 0 Å². The molecule has 2 aliphatic rings. The number of carbonyl (C=O) groups is 3. The quantitative estimate of drug-likeness (QED) is 0.830. The van der Waals surface area contributed by atoms with Gasteiger partial charge in [0.05, 0.1) is 0 Å². The highest BCUT2D eigenvalue weighted by Crippen LogP contribution is 2.24. The fraction of sp³-hybridized carbons (Fsp3) is 0.571. The Labute approximate surface area is 165 Å². The number of aliphatic carboxylic acids is 1. The minimum Gasteiger partial charge on any atom is -0.479 e. The van der Waals surface area contributed by atoms with Crippen molar-refractivity contribution in [3.8, 4) is 0 Å². The monoisotopic (exact) mass is 387 g/mol. The summed E-state index contributed by atoms with van der Waals surface area (Å²) in [6, 6.07) is 4.49. The molecule has 1 aromatic carbocycles. The Hall–Kier alpha value is -2.57. The lowest BCUT2D eigenvalue weighted by molar-refractivity contribution is -0.143. The first-order valence-electron chi connectivity index (χ1n) is 10.0. The number of carboxylic acid groups (broad SMARTS) is 1. The van der Waals surface area contributed by atoms with Crippen molar-refractivity contribution in [3.63, 3.8) is 0 Å². The van der Waals surface area contributed by atoms with Crippen LogP contribution in [0.5, 0.6) is 0 Å². The summed E-state index contributed by atoms with van der Waals surface area (Å²) in [6.45, 7) is 6.50. The Kier molecular flexibility index (Phi) is 6.21. The summed E-state index contributed by atoms with van der Waals surface area (Å²) >= 11 is 0. The van der Waals surface area contributed by atoms with Gasteiger partial charge < -0.3 is 20.2 Å². The zero-order chi connectivity index (χ0) is 20.3. The van der Waals surface area contributed by atoms with Gasteiger partial charge in [0.2, 0.25) is 5.91 Å². The predicted octanol–water partition coefficient (Wildman–Crippen LogP) is 2.47. The van der Waals surface area contributed by atoms with Gasteiger partial charge >= 0.3 is 12.0 Å². The van der Waals surface area contributed by atoms with Crippen LogP contribution in [0.15, 0.2) is 18.2 Å². The molecule has 0 radical (unpaired) electrons. The molecule has 2 N–H and O–H groups in total. The maximum atomic E-state index is 12.7. The molecular weight excluding hydrogens is 358 g/mol. The van der Waals surface area contributed by atoms with Gasteiger partial charge in [-0.2, -0.15) is 0 Å². The van der Waals surface area contributed by atoms with E-state index in [2.05, 4.69) is 5.32 Å². The van der Waals surface area contributed by atoms with Gasteiger partial charge in [-0.15, -0.1) is 0 Å². The molecule has 2 fully saturated rings. The van der Waals surface area contributed by atoms with Crippen molar-refractivity contribution in [1.82, 2.24) is 15.1 Å². The van der Waals surface area contributed by atoms with Crippen molar-refractivity contribution in [1.29, 1.82) is 0 Å². The molecule has 0 aliphatic carbocycles. The number of benzene rings is 1. The van der Waals surface area contributed by atoms with Crippen molar-refractivity contribution in [2.75, 3.05) is 26.2 Å². The largest absolute Gasteiger partial charge is 0.479 e. The zero-order valence-electron chi connectivity index (χ0n) is 16.6. The number of carboxylic acids is 1. The second kappa shape index (κ2) is 8.63. The van der Waals surface area contributed by atoms with Crippen LogP contribution in [0.2, 0.25) is 0 Å². The Morgan fingerprint density at radius 3 is 2.25 bits per heavy atom. The third kappa shape index (κ3) is 4.29. The molecule has 0 saturated carbocycles. The molecular formula is C21H29N3O4. The number of nitrogens with zero attached hydrogens (tertiary/aromatic N) is 2. The number of nitrogens with one attached hydrogen (secondary N) is 1. The smallest absolute Gasteiger partial charge is 0.330 e. The minimum absolute atomic E-state index is 0.0650. The zero-order valence-corrected chi connectivity index (χ0v) is 16.6. The third-order valence-electron chi connectivity index (χ3n) is 6.00. The second-order valence-corrected chi connectivity index (χ2v) is 7.81. The summed E-state index contributed by atoms with van der Waals surface area (Å²) in [5.74, 6) is -1.58. The van der Waals surface area contributed by atoms with E-state index in [1.165, 1.54) is 0 Å². The van der Waals surface area contributed by atoms with Crippen molar-refractivity contribution in [2.45, 2.75) is 45.6 Å². The Balaban J connectivity index is 1.60. The molecule has 2 aliphatic heterocycles. The van der Waals surface area contributed by atoms with Crippen molar-refractivity contribution < 1.29 is 19.5 Å². The van der Waals surface area contributed by atoms with Crippen LogP contribution in [0, 0.1) is 19.8 Å². The molecule has 1 unspecified atom stereocenters. The molecule has 0 spiro atoms. The van der Waals surface area contributed by atoms with Gasteiger partial charge in [-0.05, 0) is 56.2 Å². The lowest BCUT2D eigenvalue weighted by atomic mass is 9.93. The number of urea groups is 1. The normalized spacial score (nSPS) is 18.8.